The Morgan fingerprint density at radius 2 is 1.73 bits per heavy atom. The average molecular weight is 420 g/mol. The van der Waals surface area contributed by atoms with Gasteiger partial charge < -0.3 is 5.11 Å². The van der Waals surface area contributed by atoms with Crippen molar-refractivity contribution >= 4 is 39.5 Å². The third-order valence-corrected chi connectivity index (χ3v) is 6.47. The number of nitrogens with zero attached hydrogens (tertiary/aromatic N) is 2. The molecule has 0 radical (unpaired) electrons. The molecular weight excluding hydrogens is 392 g/mol. The summed E-state index contributed by atoms with van der Waals surface area (Å²) in [7, 11) is 0. The van der Waals surface area contributed by atoms with Crippen LogP contribution in [0.25, 0.3) is 21.8 Å². The fraction of sp³-hybridized carbons (Fsp3) is 0.280. The molecular formula is C25H27N2O2S+. The predicted octanol–water partition coefficient (Wildman–Crippen LogP) is 5.07. The lowest BCUT2D eigenvalue weighted by atomic mass is 10.2. The fourth-order valence-electron chi connectivity index (χ4n) is 3.84. The normalized spacial score (nSPS) is 11.4. The Morgan fingerprint density at radius 3 is 2.63 bits per heavy atom. The Hall–Kier alpha value is -2.63. The molecule has 0 aliphatic carbocycles. The second-order valence-corrected chi connectivity index (χ2v) is 8.47. The van der Waals surface area contributed by atoms with E-state index in [2.05, 4.69) is 41.1 Å². The monoisotopic (exact) mass is 419 g/mol. The molecule has 0 spiro atoms. The third-order valence-electron chi connectivity index (χ3n) is 5.41. The molecule has 2 aromatic carbocycles. The van der Waals surface area contributed by atoms with Crippen molar-refractivity contribution in [2.45, 2.75) is 37.1 Å². The van der Waals surface area contributed by atoms with E-state index in [1.54, 1.807) is 16.3 Å². The Bertz CT molecular complexity index is 1150. The van der Waals surface area contributed by atoms with E-state index >= 15 is 0 Å². The van der Waals surface area contributed by atoms with Crippen molar-refractivity contribution in [1.29, 1.82) is 0 Å². The van der Waals surface area contributed by atoms with Crippen LogP contribution in [0.1, 0.15) is 30.5 Å². The van der Waals surface area contributed by atoms with Gasteiger partial charge in [0.05, 0.1) is 16.7 Å². The first kappa shape index (κ1) is 20.6. The van der Waals surface area contributed by atoms with Gasteiger partial charge in [0.1, 0.15) is 6.54 Å². The maximum absolute atomic E-state index is 12.8. The van der Waals surface area contributed by atoms with Crippen LogP contribution in [-0.4, -0.2) is 27.9 Å². The highest BCUT2D eigenvalue weighted by molar-refractivity contribution is 8.00. The predicted molar refractivity (Wildman–Crippen MR) is 123 cm³/mol. The van der Waals surface area contributed by atoms with Crippen molar-refractivity contribution in [3.05, 3.63) is 73.1 Å². The van der Waals surface area contributed by atoms with E-state index in [0.29, 0.717) is 5.75 Å². The molecule has 0 unspecified atom stereocenters. The first-order valence-corrected chi connectivity index (χ1v) is 11.5. The number of pyridine rings is 1. The van der Waals surface area contributed by atoms with Gasteiger partial charge in [-0.1, -0.05) is 36.8 Å². The van der Waals surface area contributed by atoms with Crippen LogP contribution in [0.5, 0.6) is 0 Å². The molecule has 0 saturated heterocycles. The molecule has 0 aliphatic rings. The molecule has 0 saturated carbocycles. The van der Waals surface area contributed by atoms with E-state index in [4.69, 9.17) is 5.11 Å². The van der Waals surface area contributed by atoms with E-state index in [1.807, 2.05) is 36.5 Å². The molecule has 0 bridgehead atoms. The zero-order valence-corrected chi connectivity index (χ0v) is 17.9. The van der Waals surface area contributed by atoms with Gasteiger partial charge in [0, 0.05) is 41.6 Å². The largest absolute Gasteiger partial charge is 0.396 e. The van der Waals surface area contributed by atoms with E-state index in [-0.39, 0.29) is 12.5 Å². The molecule has 1 N–H and O–H groups in total. The van der Waals surface area contributed by atoms with E-state index < -0.39 is 0 Å². The molecule has 0 aliphatic heterocycles. The SMILES string of the molecule is O=C(CSc1cc[n+](CCCCCCO)c2ccccc12)n1ccc2ccccc21. The molecule has 0 fully saturated rings. The first-order chi connectivity index (χ1) is 14.8. The summed E-state index contributed by atoms with van der Waals surface area (Å²) in [6.45, 7) is 1.24. The Kier molecular flexibility index (Phi) is 6.82. The van der Waals surface area contributed by atoms with Crippen LogP contribution < -0.4 is 4.57 Å². The highest BCUT2D eigenvalue weighted by Crippen LogP contribution is 2.27. The number of carbonyl (C=O) groups is 1. The zero-order chi connectivity index (χ0) is 20.8. The second-order valence-electron chi connectivity index (χ2n) is 7.46. The quantitative estimate of drug-likeness (QED) is 0.234. The van der Waals surface area contributed by atoms with Crippen molar-refractivity contribution in [3.8, 4) is 0 Å². The molecule has 2 aromatic heterocycles. The molecule has 0 atom stereocenters. The van der Waals surface area contributed by atoms with E-state index in [0.717, 1.165) is 48.0 Å². The first-order valence-electron chi connectivity index (χ1n) is 10.5. The summed E-state index contributed by atoms with van der Waals surface area (Å²) < 4.78 is 4.04. The number of aromatic nitrogens is 2. The standard InChI is InChI=1S/C25H27N2O2S/c28-18-8-2-1-7-15-26-16-14-24(21-10-4-6-12-23(21)26)30-19-25(29)27-17-13-20-9-3-5-11-22(20)27/h3-6,9-14,16-17,28H,1-2,7-8,15,18-19H2/q+1. The van der Waals surface area contributed by atoms with Crippen molar-refractivity contribution in [3.63, 3.8) is 0 Å². The molecule has 0 amide bonds. The minimum absolute atomic E-state index is 0.0888. The van der Waals surface area contributed by atoms with Crippen LogP contribution in [0.3, 0.4) is 0 Å². The summed E-state index contributed by atoms with van der Waals surface area (Å²) in [5, 5.41) is 11.2. The summed E-state index contributed by atoms with van der Waals surface area (Å²) in [5.41, 5.74) is 2.16. The number of aliphatic hydroxyl groups excluding tert-OH is 1. The van der Waals surface area contributed by atoms with Gasteiger partial charge in [0.2, 0.25) is 11.4 Å². The number of para-hydroxylation sites is 2. The van der Waals surface area contributed by atoms with Crippen LogP contribution >= 0.6 is 11.8 Å². The maximum atomic E-state index is 12.8. The molecule has 154 valence electrons. The number of hydrogen-bond acceptors (Lipinski definition) is 3. The number of rotatable bonds is 9. The van der Waals surface area contributed by atoms with Gasteiger partial charge in [-0.3, -0.25) is 9.36 Å². The number of thioether (sulfide) groups is 1. The van der Waals surface area contributed by atoms with Crippen molar-refractivity contribution < 1.29 is 14.5 Å². The average Bonchev–Trinajstić information content (AvgIpc) is 3.22. The van der Waals surface area contributed by atoms with Gasteiger partial charge in [0.15, 0.2) is 6.20 Å². The number of carbonyl (C=O) groups excluding carboxylic acids is 1. The van der Waals surface area contributed by atoms with Gasteiger partial charge in [-0.25, -0.2) is 0 Å². The number of unbranched alkanes of at least 4 members (excludes halogenated alkanes) is 3. The number of benzene rings is 2. The lowest BCUT2D eigenvalue weighted by molar-refractivity contribution is -0.672. The minimum atomic E-state index is 0.0888. The molecule has 4 rings (SSSR count). The second kappa shape index (κ2) is 9.92. The fourth-order valence-corrected chi connectivity index (χ4v) is 4.74. The Labute approximate surface area is 181 Å². The maximum Gasteiger partial charge on any atom is 0.241 e. The third kappa shape index (κ3) is 4.58. The number of aliphatic hydroxyl groups is 1. The molecule has 30 heavy (non-hydrogen) atoms. The van der Waals surface area contributed by atoms with Crippen LogP contribution in [0.15, 0.2) is 78.0 Å². The van der Waals surface area contributed by atoms with Crippen molar-refractivity contribution in [2.24, 2.45) is 0 Å². The van der Waals surface area contributed by atoms with Crippen LogP contribution in [0.4, 0.5) is 0 Å². The summed E-state index contributed by atoms with van der Waals surface area (Å²) >= 11 is 1.60. The van der Waals surface area contributed by atoms with E-state index in [1.165, 1.54) is 10.9 Å². The summed E-state index contributed by atoms with van der Waals surface area (Å²) in [4.78, 5) is 14.0. The molecule has 4 aromatic rings. The summed E-state index contributed by atoms with van der Waals surface area (Å²) in [5.74, 6) is 0.485. The highest BCUT2D eigenvalue weighted by atomic mass is 32.2. The lowest BCUT2D eigenvalue weighted by Crippen LogP contribution is -2.34. The topological polar surface area (TPSA) is 46.1 Å². The van der Waals surface area contributed by atoms with Crippen LogP contribution in [0.2, 0.25) is 0 Å². The van der Waals surface area contributed by atoms with Crippen LogP contribution in [0, 0.1) is 0 Å². The Balaban J connectivity index is 1.48. The van der Waals surface area contributed by atoms with Gasteiger partial charge >= 0.3 is 0 Å². The van der Waals surface area contributed by atoms with Gasteiger partial charge in [-0.2, -0.15) is 4.57 Å². The van der Waals surface area contributed by atoms with Gasteiger partial charge in [-0.15, -0.1) is 11.8 Å². The molecule has 5 heteroatoms. The lowest BCUT2D eigenvalue weighted by Gasteiger charge is -2.08. The van der Waals surface area contributed by atoms with Crippen molar-refractivity contribution in [1.82, 2.24) is 4.57 Å². The number of aryl methyl sites for hydroxylation is 1. The molecule has 4 nitrogen and oxygen atoms in total. The van der Waals surface area contributed by atoms with Crippen molar-refractivity contribution in [2.75, 3.05) is 12.4 Å². The smallest absolute Gasteiger partial charge is 0.241 e. The zero-order valence-electron chi connectivity index (χ0n) is 17.0. The molecule has 2 heterocycles. The van der Waals surface area contributed by atoms with Gasteiger partial charge in [-0.05, 0) is 31.0 Å². The number of hydrogen-bond donors (Lipinski definition) is 1. The highest BCUT2D eigenvalue weighted by Gasteiger charge is 2.15. The van der Waals surface area contributed by atoms with E-state index in [9.17, 15) is 4.79 Å². The summed E-state index contributed by atoms with van der Waals surface area (Å²) in [6, 6.07) is 20.5. The summed E-state index contributed by atoms with van der Waals surface area (Å²) in [6.07, 6.45) is 8.16. The minimum Gasteiger partial charge on any atom is -0.396 e. The van der Waals surface area contributed by atoms with Crippen LogP contribution in [-0.2, 0) is 6.54 Å². The Morgan fingerprint density at radius 1 is 0.933 bits per heavy atom. The van der Waals surface area contributed by atoms with Gasteiger partial charge in [0.25, 0.3) is 0 Å². The number of fused-ring (bicyclic) bond motifs is 2.